The van der Waals surface area contributed by atoms with E-state index in [1.807, 2.05) is 24.0 Å². The van der Waals surface area contributed by atoms with E-state index in [9.17, 15) is 8.42 Å². The summed E-state index contributed by atoms with van der Waals surface area (Å²) in [5, 5.41) is 3.35. The zero-order chi connectivity index (χ0) is 20.6. The molecule has 1 fully saturated rings. The Morgan fingerprint density at radius 1 is 1.25 bits per heavy atom. The Morgan fingerprint density at radius 2 is 1.96 bits per heavy atom. The first-order valence-electron chi connectivity index (χ1n) is 9.70. The van der Waals surface area contributed by atoms with Gasteiger partial charge in [0, 0.05) is 33.3 Å². The monoisotopic (exact) mass is 411 g/mol. The van der Waals surface area contributed by atoms with Crippen LogP contribution in [-0.4, -0.2) is 69.7 Å². The molecule has 8 heteroatoms. The number of hydrogen-bond donors (Lipinski definition) is 1. The van der Waals surface area contributed by atoms with Crippen LogP contribution in [0.15, 0.2) is 29.3 Å². The van der Waals surface area contributed by atoms with Gasteiger partial charge in [-0.25, -0.2) is 8.42 Å². The molecular weight excluding hydrogens is 378 g/mol. The van der Waals surface area contributed by atoms with Crippen molar-refractivity contribution >= 4 is 15.8 Å². The molecule has 1 saturated heterocycles. The third-order valence-electron chi connectivity index (χ3n) is 4.84. The molecule has 0 atom stereocenters. The summed E-state index contributed by atoms with van der Waals surface area (Å²) in [4.78, 5) is 6.35. The molecular formula is C20H33N3O4S. The summed E-state index contributed by atoms with van der Waals surface area (Å²) in [5.74, 6) is 0.872. The molecule has 1 N–H and O–H groups in total. The number of hydrogen-bond acceptors (Lipinski definition) is 5. The molecule has 0 bridgehead atoms. The van der Waals surface area contributed by atoms with Gasteiger partial charge in [-0.2, -0.15) is 0 Å². The maximum Gasteiger partial charge on any atom is 0.193 e. The summed E-state index contributed by atoms with van der Waals surface area (Å²) >= 11 is 0. The van der Waals surface area contributed by atoms with Crippen molar-refractivity contribution in [1.29, 1.82) is 0 Å². The fourth-order valence-electron chi connectivity index (χ4n) is 3.12. The van der Waals surface area contributed by atoms with Gasteiger partial charge in [0.1, 0.15) is 0 Å². The molecule has 0 spiro atoms. The Hall–Kier alpha value is -1.64. The highest BCUT2D eigenvalue weighted by Crippen LogP contribution is 2.23. The number of guanidine groups is 1. The second-order valence-electron chi connectivity index (χ2n) is 7.47. The molecule has 0 unspecified atom stereocenters. The smallest absolute Gasteiger partial charge is 0.193 e. The quantitative estimate of drug-likeness (QED) is 0.399. The summed E-state index contributed by atoms with van der Waals surface area (Å²) in [6.07, 6.45) is 0. The summed E-state index contributed by atoms with van der Waals surface area (Å²) < 4.78 is 34.5. The molecule has 1 aliphatic rings. The lowest BCUT2D eigenvalue weighted by molar-refractivity contribution is 0.0453. The average Bonchev–Trinajstić information content (AvgIpc) is 2.65. The van der Waals surface area contributed by atoms with Crippen molar-refractivity contribution in [3.05, 3.63) is 35.4 Å². The zero-order valence-electron chi connectivity index (χ0n) is 17.4. The van der Waals surface area contributed by atoms with Gasteiger partial charge in [0.15, 0.2) is 15.8 Å². The lowest BCUT2D eigenvalue weighted by Crippen LogP contribution is -2.57. The van der Waals surface area contributed by atoms with E-state index >= 15 is 0 Å². The van der Waals surface area contributed by atoms with Gasteiger partial charge >= 0.3 is 0 Å². The van der Waals surface area contributed by atoms with E-state index < -0.39 is 14.6 Å². The summed E-state index contributed by atoms with van der Waals surface area (Å²) in [6, 6.07) is 8.20. The highest BCUT2D eigenvalue weighted by Gasteiger charge is 2.40. The van der Waals surface area contributed by atoms with Crippen molar-refractivity contribution in [2.45, 2.75) is 38.7 Å². The van der Waals surface area contributed by atoms with Gasteiger partial charge in [-0.05, 0) is 31.9 Å². The molecule has 2 rings (SSSR count). The number of aliphatic imine (C=N–C) groups is 1. The maximum atomic E-state index is 12.2. The molecule has 7 nitrogen and oxygen atoms in total. The van der Waals surface area contributed by atoms with Gasteiger partial charge in [0.25, 0.3) is 0 Å². The molecule has 28 heavy (non-hydrogen) atoms. The van der Waals surface area contributed by atoms with Crippen LogP contribution < -0.4 is 5.32 Å². The van der Waals surface area contributed by atoms with Gasteiger partial charge in [-0.1, -0.05) is 24.3 Å². The molecule has 1 aliphatic heterocycles. The van der Waals surface area contributed by atoms with Crippen LogP contribution in [0.3, 0.4) is 0 Å². The standard InChI is InChI=1S/C20H33N3O4S/c1-5-26-10-11-27-15-18-8-6-7-17(13-18)14-22-19(21-4)23-9-12-28(24,25)20(2,3)16-23/h6-8,13H,5,9-12,14-16H2,1-4H3,(H,21,22). The van der Waals surface area contributed by atoms with Crippen LogP contribution in [0.25, 0.3) is 0 Å². The van der Waals surface area contributed by atoms with E-state index in [4.69, 9.17) is 9.47 Å². The molecule has 0 radical (unpaired) electrons. The summed E-state index contributed by atoms with van der Waals surface area (Å²) in [6.45, 7) is 9.46. The molecule has 158 valence electrons. The largest absolute Gasteiger partial charge is 0.379 e. The van der Waals surface area contributed by atoms with Crippen molar-refractivity contribution in [3.8, 4) is 0 Å². The maximum absolute atomic E-state index is 12.2. The van der Waals surface area contributed by atoms with E-state index in [0.29, 0.717) is 46.1 Å². The van der Waals surface area contributed by atoms with Crippen LogP contribution in [0.2, 0.25) is 0 Å². The minimum Gasteiger partial charge on any atom is -0.379 e. The van der Waals surface area contributed by atoms with Crippen LogP contribution >= 0.6 is 0 Å². The number of nitrogens with one attached hydrogen (secondary N) is 1. The molecule has 0 aliphatic carbocycles. The minimum absolute atomic E-state index is 0.148. The van der Waals surface area contributed by atoms with Crippen molar-refractivity contribution < 1.29 is 17.9 Å². The fraction of sp³-hybridized carbons (Fsp3) is 0.650. The van der Waals surface area contributed by atoms with Crippen LogP contribution in [0.5, 0.6) is 0 Å². The first kappa shape index (κ1) is 22.6. The molecule has 0 saturated carbocycles. The van der Waals surface area contributed by atoms with Crippen LogP contribution in [0, 0.1) is 0 Å². The lowest BCUT2D eigenvalue weighted by Gasteiger charge is -2.39. The third kappa shape index (κ3) is 6.18. The summed E-state index contributed by atoms with van der Waals surface area (Å²) in [5.41, 5.74) is 2.23. The van der Waals surface area contributed by atoms with Gasteiger partial charge in [-0.3, -0.25) is 4.99 Å². The van der Waals surface area contributed by atoms with Crippen molar-refractivity contribution in [2.75, 3.05) is 45.7 Å². The molecule has 0 aromatic heterocycles. The van der Waals surface area contributed by atoms with Crippen molar-refractivity contribution in [1.82, 2.24) is 10.2 Å². The number of sulfone groups is 1. The molecule has 1 aromatic carbocycles. The van der Waals surface area contributed by atoms with E-state index in [-0.39, 0.29) is 5.75 Å². The first-order chi connectivity index (χ1) is 13.3. The second-order valence-corrected chi connectivity index (χ2v) is 10.2. The topological polar surface area (TPSA) is 80.2 Å². The lowest BCUT2D eigenvalue weighted by atomic mass is 10.1. The Bertz CT molecular complexity index is 762. The third-order valence-corrected chi connectivity index (χ3v) is 7.37. The number of rotatable bonds is 8. The van der Waals surface area contributed by atoms with E-state index in [2.05, 4.69) is 22.4 Å². The van der Waals surface area contributed by atoms with Crippen molar-refractivity contribution in [3.63, 3.8) is 0 Å². The zero-order valence-corrected chi connectivity index (χ0v) is 18.2. The minimum atomic E-state index is -3.07. The van der Waals surface area contributed by atoms with Gasteiger partial charge < -0.3 is 19.7 Å². The van der Waals surface area contributed by atoms with Crippen LogP contribution in [0.1, 0.15) is 31.9 Å². The number of benzene rings is 1. The predicted octanol–water partition coefficient (Wildman–Crippen LogP) is 1.82. The van der Waals surface area contributed by atoms with Gasteiger partial charge in [0.05, 0.1) is 30.3 Å². The first-order valence-corrected chi connectivity index (χ1v) is 11.4. The average molecular weight is 412 g/mol. The van der Waals surface area contributed by atoms with E-state index in [1.54, 1.807) is 20.9 Å². The van der Waals surface area contributed by atoms with Gasteiger partial charge in [0.2, 0.25) is 0 Å². The Kier molecular flexibility index (Phi) is 8.27. The SMILES string of the molecule is CCOCCOCc1cccc(CNC(=NC)N2CCS(=O)(=O)C(C)(C)C2)c1. The Morgan fingerprint density at radius 3 is 2.64 bits per heavy atom. The van der Waals surface area contributed by atoms with E-state index in [0.717, 1.165) is 17.1 Å². The van der Waals surface area contributed by atoms with Gasteiger partial charge in [-0.15, -0.1) is 0 Å². The van der Waals surface area contributed by atoms with Crippen LogP contribution in [-0.2, 0) is 32.5 Å². The number of ether oxygens (including phenoxy) is 2. The Balaban J connectivity index is 1.89. The fourth-order valence-corrected chi connectivity index (χ4v) is 4.49. The van der Waals surface area contributed by atoms with Crippen molar-refractivity contribution in [2.24, 2.45) is 4.99 Å². The second kappa shape index (κ2) is 10.2. The van der Waals surface area contributed by atoms with Crippen LogP contribution in [0.4, 0.5) is 0 Å². The highest BCUT2D eigenvalue weighted by molar-refractivity contribution is 7.92. The normalized spacial score (nSPS) is 18.9. The highest BCUT2D eigenvalue weighted by atomic mass is 32.2. The number of nitrogens with zero attached hydrogens (tertiary/aromatic N) is 2. The molecule has 1 aromatic rings. The van der Waals surface area contributed by atoms with E-state index in [1.165, 1.54) is 0 Å². The summed E-state index contributed by atoms with van der Waals surface area (Å²) in [7, 11) is -1.35. The molecule has 0 amide bonds. The predicted molar refractivity (Wildman–Crippen MR) is 112 cm³/mol. The Labute approximate surface area is 169 Å². The molecule has 1 heterocycles.